The summed E-state index contributed by atoms with van der Waals surface area (Å²) in [5.41, 5.74) is -0.252. The minimum absolute atomic E-state index is 0.106. The number of thiophene rings is 1. The normalized spacial score (nSPS) is 21.0. The van der Waals surface area contributed by atoms with E-state index < -0.39 is 0 Å². The summed E-state index contributed by atoms with van der Waals surface area (Å²) in [5, 5.41) is 1.93. The Morgan fingerprint density at radius 2 is 2.09 bits per heavy atom. The number of carbonyl (C=O) groups is 2. The number of hydrogen-bond donors (Lipinski definition) is 0. The molecule has 2 amide bonds. The Bertz CT molecular complexity index is 550. The van der Waals surface area contributed by atoms with E-state index in [0.717, 1.165) is 37.1 Å². The lowest BCUT2D eigenvalue weighted by molar-refractivity contribution is -0.150. The molecule has 1 spiro atoms. The van der Waals surface area contributed by atoms with Crippen molar-refractivity contribution in [2.75, 3.05) is 39.9 Å². The van der Waals surface area contributed by atoms with Crippen LogP contribution in [0, 0.1) is 5.41 Å². The number of methoxy groups -OCH3 is 1. The van der Waals surface area contributed by atoms with Gasteiger partial charge in [0.1, 0.15) is 0 Å². The Kier molecular flexibility index (Phi) is 5.02. The van der Waals surface area contributed by atoms with Gasteiger partial charge in [0.15, 0.2) is 0 Å². The van der Waals surface area contributed by atoms with Gasteiger partial charge in [-0.05, 0) is 37.1 Å². The van der Waals surface area contributed by atoms with Gasteiger partial charge >= 0.3 is 0 Å². The third-order valence-electron chi connectivity index (χ3n) is 5.13. The van der Waals surface area contributed by atoms with Crippen LogP contribution >= 0.6 is 11.3 Å². The number of hydrogen-bond acceptors (Lipinski definition) is 4. The number of piperidine rings is 2. The van der Waals surface area contributed by atoms with E-state index in [1.54, 1.807) is 7.11 Å². The molecule has 1 aromatic heterocycles. The summed E-state index contributed by atoms with van der Waals surface area (Å²) < 4.78 is 5.11. The molecule has 0 bridgehead atoms. The Hall–Kier alpha value is -1.40. The molecule has 0 unspecified atom stereocenters. The molecule has 2 aliphatic heterocycles. The first-order valence-corrected chi connectivity index (χ1v) is 9.15. The molecule has 6 heteroatoms. The molecule has 0 atom stereocenters. The second-order valence-electron chi connectivity index (χ2n) is 6.44. The lowest BCUT2D eigenvalue weighted by atomic mass is 9.71. The molecule has 2 aliphatic rings. The maximum Gasteiger partial charge on any atom is 0.263 e. The van der Waals surface area contributed by atoms with Gasteiger partial charge in [-0.15, -0.1) is 11.3 Å². The minimum atomic E-state index is -0.252. The van der Waals surface area contributed by atoms with Crippen molar-refractivity contribution in [2.24, 2.45) is 5.41 Å². The summed E-state index contributed by atoms with van der Waals surface area (Å²) in [6.07, 6.45) is 3.57. The van der Waals surface area contributed by atoms with Crippen molar-refractivity contribution < 1.29 is 14.3 Å². The van der Waals surface area contributed by atoms with Gasteiger partial charge in [-0.2, -0.15) is 0 Å². The molecule has 126 valence electrons. The third kappa shape index (κ3) is 3.28. The molecule has 2 fully saturated rings. The Morgan fingerprint density at radius 1 is 1.30 bits per heavy atom. The van der Waals surface area contributed by atoms with Gasteiger partial charge in [0.05, 0.1) is 16.9 Å². The van der Waals surface area contributed by atoms with E-state index in [2.05, 4.69) is 0 Å². The quantitative estimate of drug-likeness (QED) is 0.847. The van der Waals surface area contributed by atoms with Crippen molar-refractivity contribution in [3.05, 3.63) is 22.4 Å². The molecule has 3 heterocycles. The second kappa shape index (κ2) is 7.01. The van der Waals surface area contributed by atoms with Gasteiger partial charge in [0.25, 0.3) is 5.91 Å². The highest BCUT2D eigenvalue weighted by atomic mass is 32.1. The number of nitrogens with zero attached hydrogens (tertiary/aromatic N) is 2. The van der Waals surface area contributed by atoms with Crippen molar-refractivity contribution in [1.82, 2.24) is 9.80 Å². The predicted octanol–water partition coefficient (Wildman–Crippen LogP) is 2.24. The monoisotopic (exact) mass is 336 g/mol. The number of carbonyl (C=O) groups excluding carboxylic acids is 2. The standard InChI is InChI=1S/C17H24N2O3S/c1-22-12-11-19-8-3-5-17(16(19)21)6-9-18(10-7-17)15(20)14-4-2-13-23-14/h2,4,13H,3,5-12H2,1H3. The fraction of sp³-hybridized carbons (Fsp3) is 0.647. The summed E-state index contributed by atoms with van der Waals surface area (Å²) in [6.45, 7) is 3.46. The largest absolute Gasteiger partial charge is 0.383 e. The third-order valence-corrected chi connectivity index (χ3v) is 5.99. The van der Waals surface area contributed by atoms with Crippen LogP contribution in [-0.2, 0) is 9.53 Å². The van der Waals surface area contributed by atoms with Crippen molar-refractivity contribution in [3.63, 3.8) is 0 Å². The number of ether oxygens (including phenoxy) is 1. The van der Waals surface area contributed by atoms with E-state index in [9.17, 15) is 9.59 Å². The molecule has 0 saturated carbocycles. The zero-order valence-corrected chi connectivity index (χ0v) is 14.4. The van der Waals surface area contributed by atoms with E-state index in [1.807, 2.05) is 27.3 Å². The van der Waals surface area contributed by atoms with Crippen molar-refractivity contribution in [2.45, 2.75) is 25.7 Å². The molecule has 3 rings (SSSR count). The number of rotatable bonds is 4. The van der Waals surface area contributed by atoms with Crippen LogP contribution in [0.4, 0.5) is 0 Å². The molecule has 5 nitrogen and oxygen atoms in total. The van der Waals surface area contributed by atoms with Crippen LogP contribution in [0.5, 0.6) is 0 Å². The first kappa shape index (κ1) is 16.5. The topological polar surface area (TPSA) is 49.9 Å². The molecule has 23 heavy (non-hydrogen) atoms. The van der Waals surface area contributed by atoms with Crippen molar-refractivity contribution in [3.8, 4) is 0 Å². The summed E-state index contributed by atoms with van der Waals surface area (Å²) >= 11 is 1.48. The Morgan fingerprint density at radius 3 is 2.74 bits per heavy atom. The molecule has 2 saturated heterocycles. The first-order chi connectivity index (χ1) is 11.2. The average molecular weight is 336 g/mol. The van der Waals surface area contributed by atoms with E-state index in [0.29, 0.717) is 26.2 Å². The highest BCUT2D eigenvalue weighted by Crippen LogP contribution is 2.41. The zero-order chi connectivity index (χ0) is 16.3. The molecule has 0 N–H and O–H groups in total. The fourth-order valence-electron chi connectivity index (χ4n) is 3.72. The maximum absolute atomic E-state index is 12.9. The van der Waals surface area contributed by atoms with Gasteiger partial charge in [-0.1, -0.05) is 6.07 Å². The number of amides is 2. The minimum Gasteiger partial charge on any atom is -0.383 e. The summed E-state index contributed by atoms with van der Waals surface area (Å²) in [4.78, 5) is 30.0. The van der Waals surface area contributed by atoms with Gasteiger partial charge in [-0.25, -0.2) is 0 Å². The molecule has 1 aromatic rings. The highest BCUT2D eigenvalue weighted by Gasteiger charge is 2.46. The van der Waals surface area contributed by atoms with E-state index >= 15 is 0 Å². The lowest BCUT2D eigenvalue weighted by Crippen LogP contribution is -2.54. The van der Waals surface area contributed by atoms with Crippen LogP contribution in [0.2, 0.25) is 0 Å². The number of likely N-dealkylation sites (tertiary alicyclic amines) is 2. The maximum atomic E-state index is 12.9. The summed E-state index contributed by atoms with van der Waals surface area (Å²) in [7, 11) is 1.67. The molecular weight excluding hydrogens is 312 g/mol. The Balaban J connectivity index is 1.62. The average Bonchev–Trinajstić information content (AvgIpc) is 3.11. The van der Waals surface area contributed by atoms with Crippen LogP contribution < -0.4 is 0 Å². The summed E-state index contributed by atoms with van der Waals surface area (Å²) in [5.74, 6) is 0.373. The molecular formula is C17H24N2O3S. The summed E-state index contributed by atoms with van der Waals surface area (Å²) in [6, 6.07) is 3.78. The smallest absolute Gasteiger partial charge is 0.263 e. The van der Waals surface area contributed by atoms with Gasteiger partial charge in [-0.3, -0.25) is 9.59 Å². The van der Waals surface area contributed by atoms with Gasteiger partial charge < -0.3 is 14.5 Å². The van der Waals surface area contributed by atoms with Crippen LogP contribution in [0.15, 0.2) is 17.5 Å². The van der Waals surface area contributed by atoms with Crippen LogP contribution in [0.1, 0.15) is 35.4 Å². The van der Waals surface area contributed by atoms with E-state index in [-0.39, 0.29) is 17.2 Å². The van der Waals surface area contributed by atoms with Crippen LogP contribution in [0.25, 0.3) is 0 Å². The first-order valence-electron chi connectivity index (χ1n) is 8.27. The van der Waals surface area contributed by atoms with Crippen molar-refractivity contribution >= 4 is 23.2 Å². The highest BCUT2D eigenvalue weighted by molar-refractivity contribution is 7.12. The van der Waals surface area contributed by atoms with Gasteiger partial charge in [0.2, 0.25) is 5.91 Å². The van der Waals surface area contributed by atoms with Crippen LogP contribution in [0.3, 0.4) is 0 Å². The second-order valence-corrected chi connectivity index (χ2v) is 7.39. The molecule has 0 radical (unpaired) electrons. The van der Waals surface area contributed by atoms with Crippen LogP contribution in [-0.4, -0.2) is 61.5 Å². The van der Waals surface area contributed by atoms with E-state index in [4.69, 9.17) is 4.74 Å². The predicted molar refractivity (Wildman–Crippen MR) is 89.6 cm³/mol. The Labute approximate surface area is 141 Å². The molecule has 0 aliphatic carbocycles. The fourth-order valence-corrected chi connectivity index (χ4v) is 4.42. The molecule has 0 aromatic carbocycles. The lowest BCUT2D eigenvalue weighted by Gasteiger charge is -2.46. The van der Waals surface area contributed by atoms with Crippen molar-refractivity contribution in [1.29, 1.82) is 0 Å². The SMILES string of the molecule is COCCN1CCCC2(CCN(C(=O)c3cccs3)CC2)C1=O. The zero-order valence-electron chi connectivity index (χ0n) is 13.6. The van der Waals surface area contributed by atoms with Gasteiger partial charge in [0, 0.05) is 33.3 Å². The van der Waals surface area contributed by atoms with E-state index in [1.165, 1.54) is 11.3 Å².